The predicted molar refractivity (Wildman–Crippen MR) is 127 cm³/mol. The number of carbonyl (C=O) groups is 2. The van der Waals surface area contributed by atoms with Gasteiger partial charge in [-0.1, -0.05) is 17.4 Å². The Hall–Kier alpha value is -4.18. The van der Waals surface area contributed by atoms with Gasteiger partial charge >= 0.3 is 0 Å². The first-order valence-corrected chi connectivity index (χ1v) is 11.5. The number of phenols is 1. The normalized spacial score (nSPS) is 15.9. The van der Waals surface area contributed by atoms with Crippen LogP contribution in [-0.2, 0) is 4.79 Å². The Labute approximate surface area is 202 Å². The maximum absolute atomic E-state index is 13.8. The number of rotatable bonds is 6. The molecule has 1 atom stereocenters. The fraction of sp³-hybridized carbons (Fsp3) is 0.160. The summed E-state index contributed by atoms with van der Waals surface area (Å²) in [6.07, 6.45) is 0. The molecule has 0 aliphatic carbocycles. The van der Waals surface area contributed by atoms with Crippen LogP contribution >= 0.6 is 11.3 Å². The number of Topliss-reactive ketones (excluding diaryl/α,β-unsaturated/α-hetero) is 1. The van der Waals surface area contributed by atoms with Gasteiger partial charge < -0.3 is 19.4 Å². The average Bonchev–Trinajstić information content (AvgIpc) is 3.51. The zero-order valence-electron chi connectivity index (χ0n) is 18.6. The quantitative estimate of drug-likeness (QED) is 0.353. The summed E-state index contributed by atoms with van der Waals surface area (Å²) in [5, 5.41) is 21.2. The maximum atomic E-state index is 13.8. The highest BCUT2D eigenvalue weighted by atomic mass is 32.1. The van der Waals surface area contributed by atoms with Gasteiger partial charge in [-0.25, -0.2) is 9.37 Å². The molecule has 178 valence electrons. The van der Waals surface area contributed by atoms with Crippen molar-refractivity contribution in [2.45, 2.75) is 19.9 Å². The van der Waals surface area contributed by atoms with Crippen LogP contribution in [0, 0.1) is 12.7 Å². The zero-order valence-corrected chi connectivity index (χ0v) is 19.4. The summed E-state index contributed by atoms with van der Waals surface area (Å²) < 4.78 is 25.2. The molecule has 0 radical (unpaired) electrons. The number of halogens is 1. The van der Waals surface area contributed by atoms with Gasteiger partial charge in [0.1, 0.15) is 11.6 Å². The number of fused-ring (bicyclic) bond motifs is 1. The number of ketones is 1. The van der Waals surface area contributed by atoms with E-state index in [1.807, 2.05) is 0 Å². The molecular formula is C25H19FN2O6S. The summed E-state index contributed by atoms with van der Waals surface area (Å²) in [4.78, 5) is 32.4. The van der Waals surface area contributed by atoms with Crippen molar-refractivity contribution < 1.29 is 33.3 Å². The van der Waals surface area contributed by atoms with E-state index in [-0.39, 0.29) is 34.6 Å². The number of thiazole rings is 1. The third-order valence-corrected chi connectivity index (χ3v) is 6.58. The molecule has 0 fully saturated rings. The SMILES string of the molecule is CCOc1cc(C2C(C(=O)c3ccc(C)o3)=C(O)C(=O)N2c2nc3ccc(F)cc3s2)ccc1O. The van der Waals surface area contributed by atoms with Gasteiger partial charge in [-0.2, -0.15) is 0 Å². The maximum Gasteiger partial charge on any atom is 0.296 e. The lowest BCUT2D eigenvalue weighted by Gasteiger charge is -2.24. The molecule has 0 spiro atoms. The number of aromatic nitrogens is 1. The first-order chi connectivity index (χ1) is 16.8. The van der Waals surface area contributed by atoms with E-state index < -0.39 is 29.3 Å². The van der Waals surface area contributed by atoms with E-state index in [0.717, 1.165) is 11.3 Å². The highest BCUT2D eigenvalue weighted by molar-refractivity contribution is 7.22. The van der Waals surface area contributed by atoms with Crippen molar-refractivity contribution in [2.24, 2.45) is 0 Å². The molecule has 0 saturated heterocycles. The zero-order chi connectivity index (χ0) is 24.9. The summed E-state index contributed by atoms with van der Waals surface area (Å²) in [5.74, 6) is -2.24. The van der Waals surface area contributed by atoms with E-state index in [2.05, 4.69) is 4.98 Å². The molecule has 0 bridgehead atoms. The fourth-order valence-corrected chi connectivity index (χ4v) is 5.02. The van der Waals surface area contributed by atoms with Gasteiger partial charge in [0, 0.05) is 0 Å². The second kappa shape index (κ2) is 8.55. The van der Waals surface area contributed by atoms with E-state index >= 15 is 0 Å². The average molecular weight is 495 g/mol. The fourth-order valence-electron chi connectivity index (χ4n) is 4.00. The van der Waals surface area contributed by atoms with Crippen LogP contribution in [0.4, 0.5) is 9.52 Å². The number of aliphatic hydroxyl groups excluding tert-OH is 1. The van der Waals surface area contributed by atoms with E-state index in [1.165, 1.54) is 47.4 Å². The van der Waals surface area contributed by atoms with Crippen LogP contribution in [-0.4, -0.2) is 33.5 Å². The van der Waals surface area contributed by atoms with Crippen LogP contribution in [0.3, 0.4) is 0 Å². The molecule has 5 rings (SSSR count). The van der Waals surface area contributed by atoms with Crippen LogP contribution in [0.5, 0.6) is 11.5 Å². The minimum atomic E-state index is -1.11. The van der Waals surface area contributed by atoms with Crippen molar-refractivity contribution in [3.8, 4) is 11.5 Å². The Balaban J connectivity index is 1.69. The summed E-state index contributed by atoms with van der Waals surface area (Å²) in [6, 6.07) is 10.4. The monoisotopic (exact) mass is 494 g/mol. The Kier molecular flexibility index (Phi) is 5.52. The number of carbonyl (C=O) groups excluding carboxylic acids is 2. The van der Waals surface area contributed by atoms with Crippen LogP contribution in [0.25, 0.3) is 10.2 Å². The van der Waals surface area contributed by atoms with Gasteiger partial charge in [0.2, 0.25) is 5.78 Å². The number of aryl methyl sites for hydroxylation is 1. The van der Waals surface area contributed by atoms with E-state index in [9.17, 15) is 24.2 Å². The summed E-state index contributed by atoms with van der Waals surface area (Å²) in [5.41, 5.74) is 0.642. The molecule has 1 unspecified atom stereocenters. The van der Waals surface area contributed by atoms with Gasteiger partial charge in [0.05, 0.1) is 28.4 Å². The first kappa shape index (κ1) is 22.6. The number of aromatic hydroxyl groups is 1. The molecule has 35 heavy (non-hydrogen) atoms. The molecule has 1 aliphatic heterocycles. The highest BCUT2D eigenvalue weighted by Crippen LogP contribution is 2.45. The number of amides is 1. The van der Waals surface area contributed by atoms with Gasteiger partial charge in [-0.15, -0.1) is 0 Å². The largest absolute Gasteiger partial charge is 0.504 e. The van der Waals surface area contributed by atoms with Crippen molar-refractivity contribution in [3.05, 3.63) is 82.8 Å². The second-order valence-corrected chi connectivity index (χ2v) is 8.86. The predicted octanol–water partition coefficient (Wildman–Crippen LogP) is 5.22. The minimum absolute atomic E-state index is 0.0427. The third-order valence-electron chi connectivity index (χ3n) is 5.56. The summed E-state index contributed by atoms with van der Waals surface area (Å²) >= 11 is 1.05. The lowest BCUT2D eigenvalue weighted by molar-refractivity contribution is -0.117. The lowest BCUT2D eigenvalue weighted by atomic mass is 9.95. The number of benzene rings is 2. The standard InChI is InChI=1S/C25H19FN2O6S/c1-3-33-18-10-13(5-8-16(18)29)21-20(22(30)17-9-4-12(2)34-17)23(31)24(32)28(21)25-27-15-7-6-14(26)11-19(15)35-25/h4-11,21,29,31H,3H2,1-2H3. The van der Waals surface area contributed by atoms with Crippen molar-refractivity contribution in [2.75, 3.05) is 11.5 Å². The van der Waals surface area contributed by atoms with Crippen molar-refractivity contribution in [1.82, 2.24) is 4.98 Å². The number of hydrogen-bond donors (Lipinski definition) is 2. The highest BCUT2D eigenvalue weighted by Gasteiger charge is 2.46. The number of furan rings is 1. The number of ether oxygens (including phenoxy) is 1. The van der Waals surface area contributed by atoms with E-state index in [0.29, 0.717) is 21.5 Å². The Morgan fingerprint density at radius 2 is 2.00 bits per heavy atom. The van der Waals surface area contributed by atoms with Crippen molar-refractivity contribution in [3.63, 3.8) is 0 Å². The number of phenolic OH excluding ortho intramolecular Hbond substituents is 1. The molecule has 1 amide bonds. The van der Waals surface area contributed by atoms with Crippen LogP contribution in [0.2, 0.25) is 0 Å². The molecule has 2 aromatic carbocycles. The van der Waals surface area contributed by atoms with Crippen molar-refractivity contribution >= 4 is 38.4 Å². The molecule has 2 N–H and O–H groups in total. The summed E-state index contributed by atoms with van der Waals surface area (Å²) in [7, 11) is 0. The molecule has 8 nitrogen and oxygen atoms in total. The van der Waals surface area contributed by atoms with Gasteiger partial charge in [0.15, 0.2) is 28.1 Å². The summed E-state index contributed by atoms with van der Waals surface area (Å²) in [6.45, 7) is 3.69. The molecule has 4 aromatic rings. The Morgan fingerprint density at radius 1 is 1.20 bits per heavy atom. The Morgan fingerprint density at radius 3 is 2.71 bits per heavy atom. The van der Waals surface area contributed by atoms with Crippen LogP contribution in [0.15, 0.2) is 64.3 Å². The molecule has 10 heteroatoms. The lowest BCUT2D eigenvalue weighted by Crippen LogP contribution is -2.31. The number of aliphatic hydroxyl groups is 1. The minimum Gasteiger partial charge on any atom is -0.504 e. The topological polar surface area (TPSA) is 113 Å². The number of nitrogens with zero attached hydrogens (tertiary/aromatic N) is 2. The van der Waals surface area contributed by atoms with Gasteiger partial charge in [-0.05, 0) is 61.9 Å². The number of hydrogen-bond acceptors (Lipinski definition) is 8. The smallest absolute Gasteiger partial charge is 0.296 e. The molecule has 1 aliphatic rings. The van der Waals surface area contributed by atoms with Gasteiger partial charge in [-0.3, -0.25) is 14.5 Å². The molecular weight excluding hydrogens is 475 g/mol. The van der Waals surface area contributed by atoms with E-state index in [4.69, 9.17) is 9.15 Å². The molecule has 3 heterocycles. The van der Waals surface area contributed by atoms with E-state index in [1.54, 1.807) is 19.9 Å². The molecule has 0 saturated carbocycles. The third kappa shape index (κ3) is 3.81. The van der Waals surface area contributed by atoms with Crippen LogP contribution in [0.1, 0.15) is 34.8 Å². The van der Waals surface area contributed by atoms with Gasteiger partial charge in [0.25, 0.3) is 5.91 Å². The number of anilines is 1. The first-order valence-electron chi connectivity index (χ1n) is 10.7. The second-order valence-electron chi connectivity index (χ2n) is 7.85. The van der Waals surface area contributed by atoms with Crippen LogP contribution < -0.4 is 9.64 Å². The van der Waals surface area contributed by atoms with Crippen molar-refractivity contribution in [1.29, 1.82) is 0 Å². The molecule has 2 aromatic heterocycles. The Bertz CT molecular complexity index is 1520.